The number of benzene rings is 2. The standard InChI is InChI=1S/C18H23NO2/c1-13-6-5-7-16(8-13)14(2)19-12-15-9-17(20-3)11-18(10-15)21-4/h5-11,14,19H,12H2,1-4H3/t14-/m1/s1. The fraction of sp³-hybridized carbons (Fsp3) is 0.333. The Morgan fingerprint density at radius 2 is 1.67 bits per heavy atom. The quantitative estimate of drug-likeness (QED) is 0.874. The molecule has 2 rings (SSSR count). The number of hydrogen-bond donors (Lipinski definition) is 1. The third-order valence-corrected chi connectivity index (χ3v) is 3.57. The summed E-state index contributed by atoms with van der Waals surface area (Å²) in [6.07, 6.45) is 0. The lowest BCUT2D eigenvalue weighted by atomic mass is 10.1. The van der Waals surface area contributed by atoms with Crippen LogP contribution in [0.2, 0.25) is 0 Å². The second kappa shape index (κ2) is 7.14. The average molecular weight is 285 g/mol. The highest BCUT2D eigenvalue weighted by atomic mass is 16.5. The maximum absolute atomic E-state index is 5.30. The molecular weight excluding hydrogens is 262 g/mol. The first kappa shape index (κ1) is 15.4. The lowest BCUT2D eigenvalue weighted by Gasteiger charge is -2.16. The Balaban J connectivity index is 2.05. The van der Waals surface area contributed by atoms with Crippen molar-refractivity contribution in [2.24, 2.45) is 0 Å². The number of hydrogen-bond acceptors (Lipinski definition) is 3. The number of nitrogens with one attached hydrogen (secondary N) is 1. The molecule has 0 unspecified atom stereocenters. The molecule has 0 fully saturated rings. The highest BCUT2D eigenvalue weighted by molar-refractivity contribution is 5.38. The van der Waals surface area contributed by atoms with Gasteiger partial charge in [0, 0.05) is 18.7 Å². The van der Waals surface area contributed by atoms with Crippen LogP contribution in [0.3, 0.4) is 0 Å². The largest absolute Gasteiger partial charge is 0.497 e. The predicted molar refractivity (Wildman–Crippen MR) is 86.0 cm³/mol. The molecule has 2 aromatic rings. The Kier molecular flexibility index (Phi) is 5.23. The molecule has 3 heteroatoms. The van der Waals surface area contributed by atoms with E-state index in [2.05, 4.69) is 43.4 Å². The third kappa shape index (κ3) is 4.23. The molecule has 0 aliphatic heterocycles. The highest BCUT2D eigenvalue weighted by Crippen LogP contribution is 2.23. The first-order valence-corrected chi connectivity index (χ1v) is 7.14. The van der Waals surface area contributed by atoms with E-state index in [0.29, 0.717) is 6.04 Å². The summed E-state index contributed by atoms with van der Waals surface area (Å²) < 4.78 is 10.6. The second-order valence-electron chi connectivity index (χ2n) is 5.24. The maximum Gasteiger partial charge on any atom is 0.122 e. The zero-order chi connectivity index (χ0) is 15.2. The zero-order valence-electron chi connectivity index (χ0n) is 13.1. The van der Waals surface area contributed by atoms with E-state index in [9.17, 15) is 0 Å². The van der Waals surface area contributed by atoms with Gasteiger partial charge in [-0.3, -0.25) is 0 Å². The van der Waals surface area contributed by atoms with E-state index in [1.807, 2.05) is 18.2 Å². The molecule has 0 aromatic heterocycles. The molecule has 0 radical (unpaired) electrons. The Bertz CT molecular complexity index is 573. The second-order valence-corrected chi connectivity index (χ2v) is 5.24. The topological polar surface area (TPSA) is 30.5 Å². The Morgan fingerprint density at radius 1 is 1.00 bits per heavy atom. The van der Waals surface area contributed by atoms with Gasteiger partial charge in [-0.05, 0) is 37.1 Å². The summed E-state index contributed by atoms with van der Waals surface area (Å²) in [6.45, 7) is 5.05. The number of aryl methyl sites for hydroxylation is 1. The van der Waals surface area contributed by atoms with Gasteiger partial charge in [-0.25, -0.2) is 0 Å². The van der Waals surface area contributed by atoms with Crippen molar-refractivity contribution >= 4 is 0 Å². The van der Waals surface area contributed by atoms with E-state index in [-0.39, 0.29) is 0 Å². The molecule has 2 aromatic carbocycles. The fourth-order valence-corrected chi connectivity index (χ4v) is 2.30. The molecule has 0 aliphatic rings. The minimum atomic E-state index is 0.294. The van der Waals surface area contributed by atoms with Crippen molar-refractivity contribution in [2.45, 2.75) is 26.4 Å². The van der Waals surface area contributed by atoms with E-state index < -0.39 is 0 Å². The van der Waals surface area contributed by atoms with Crippen LogP contribution in [-0.4, -0.2) is 14.2 Å². The summed E-state index contributed by atoms with van der Waals surface area (Å²) in [7, 11) is 3.34. The Labute approximate surface area is 126 Å². The summed E-state index contributed by atoms with van der Waals surface area (Å²) in [4.78, 5) is 0. The van der Waals surface area contributed by atoms with Crippen molar-refractivity contribution in [3.05, 3.63) is 59.2 Å². The smallest absolute Gasteiger partial charge is 0.122 e. The average Bonchev–Trinajstić information content (AvgIpc) is 2.52. The van der Waals surface area contributed by atoms with Gasteiger partial charge in [0.05, 0.1) is 14.2 Å². The summed E-state index contributed by atoms with van der Waals surface area (Å²) in [6, 6.07) is 14.8. The normalized spacial score (nSPS) is 12.0. The first-order chi connectivity index (χ1) is 10.1. The van der Waals surface area contributed by atoms with Gasteiger partial charge < -0.3 is 14.8 Å². The third-order valence-electron chi connectivity index (χ3n) is 3.57. The van der Waals surface area contributed by atoms with Gasteiger partial charge in [-0.2, -0.15) is 0 Å². The van der Waals surface area contributed by atoms with Gasteiger partial charge in [0.2, 0.25) is 0 Å². The molecule has 0 spiro atoms. The van der Waals surface area contributed by atoms with Crippen molar-refractivity contribution in [3.8, 4) is 11.5 Å². The zero-order valence-corrected chi connectivity index (χ0v) is 13.1. The predicted octanol–water partition coefficient (Wildman–Crippen LogP) is 3.86. The highest BCUT2D eigenvalue weighted by Gasteiger charge is 2.07. The number of rotatable bonds is 6. The molecule has 0 amide bonds. The van der Waals surface area contributed by atoms with Gasteiger partial charge in [0.1, 0.15) is 11.5 Å². The van der Waals surface area contributed by atoms with Gasteiger partial charge in [-0.1, -0.05) is 29.8 Å². The van der Waals surface area contributed by atoms with Crippen LogP contribution in [-0.2, 0) is 6.54 Å². The molecule has 1 N–H and O–H groups in total. The van der Waals surface area contributed by atoms with Crippen LogP contribution in [0.5, 0.6) is 11.5 Å². The summed E-state index contributed by atoms with van der Waals surface area (Å²) in [5.74, 6) is 1.63. The minimum absolute atomic E-state index is 0.294. The number of ether oxygens (including phenoxy) is 2. The molecule has 0 heterocycles. The first-order valence-electron chi connectivity index (χ1n) is 7.14. The summed E-state index contributed by atoms with van der Waals surface area (Å²) in [5, 5.41) is 3.53. The van der Waals surface area contributed by atoms with Crippen LogP contribution in [0.15, 0.2) is 42.5 Å². The lowest BCUT2D eigenvalue weighted by Crippen LogP contribution is -2.18. The lowest BCUT2D eigenvalue weighted by molar-refractivity contribution is 0.392. The molecule has 21 heavy (non-hydrogen) atoms. The van der Waals surface area contributed by atoms with Crippen molar-refractivity contribution < 1.29 is 9.47 Å². The van der Waals surface area contributed by atoms with Crippen molar-refractivity contribution in [2.75, 3.05) is 14.2 Å². The number of methoxy groups -OCH3 is 2. The summed E-state index contributed by atoms with van der Waals surface area (Å²) >= 11 is 0. The van der Waals surface area contributed by atoms with Crippen LogP contribution < -0.4 is 14.8 Å². The summed E-state index contributed by atoms with van der Waals surface area (Å²) in [5.41, 5.74) is 3.72. The van der Waals surface area contributed by atoms with Crippen LogP contribution >= 0.6 is 0 Å². The van der Waals surface area contributed by atoms with E-state index in [1.54, 1.807) is 14.2 Å². The SMILES string of the molecule is COc1cc(CN[C@H](C)c2cccc(C)c2)cc(OC)c1. The van der Waals surface area contributed by atoms with Crippen molar-refractivity contribution in [1.82, 2.24) is 5.32 Å². The van der Waals surface area contributed by atoms with Crippen LogP contribution in [0, 0.1) is 6.92 Å². The van der Waals surface area contributed by atoms with Gasteiger partial charge >= 0.3 is 0 Å². The van der Waals surface area contributed by atoms with Crippen molar-refractivity contribution in [1.29, 1.82) is 0 Å². The minimum Gasteiger partial charge on any atom is -0.497 e. The van der Waals surface area contributed by atoms with Crippen molar-refractivity contribution in [3.63, 3.8) is 0 Å². The van der Waals surface area contributed by atoms with Crippen LogP contribution in [0.4, 0.5) is 0 Å². The maximum atomic E-state index is 5.30. The molecule has 112 valence electrons. The van der Waals surface area contributed by atoms with E-state index in [0.717, 1.165) is 23.6 Å². The molecule has 0 aliphatic carbocycles. The van der Waals surface area contributed by atoms with Crippen LogP contribution in [0.25, 0.3) is 0 Å². The van der Waals surface area contributed by atoms with Gasteiger partial charge in [0.15, 0.2) is 0 Å². The van der Waals surface area contributed by atoms with E-state index in [1.165, 1.54) is 11.1 Å². The monoisotopic (exact) mass is 285 g/mol. The molecule has 0 saturated heterocycles. The molecule has 0 bridgehead atoms. The fourth-order valence-electron chi connectivity index (χ4n) is 2.30. The Morgan fingerprint density at radius 3 is 2.24 bits per heavy atom. The Hall–Kier alpha value is -2.00. The van der Waals surface area contributed by atoms with Gasteiger partial charge in [-0.15, -0.1) is 0 Å². The molecule has 1 atom stereocenters. The molecule has 3 nitrogen and oxygen atoms in total. The van der Waals surface area contributed by atoms with Gasteiger partial charge in [0.25, 0.3) is 0 Å². The molecule has 0 saturated carbocycles. The molecular formula is C18H23NO2. The van der Waals surface area contributed by atoms with Crippen LogP contribution in [0.1, 0.15) is 29.7 Å². The van der Waals surface area contributed by atoms with E-state index >= 15 is 0 Å². The van der Waals surface area contributed by atoms with E-state index in [4.69, 9.17) is 9.47 Å².